The molecule has 0 fully saturated rings. The Kier molecular flexibility index (Phi) is 4.59. The number of nitrogens with one attached hydrogen (secondary N) is 1. The number of carbonyl (C=O) groups is 1. The van der Waals surface area contributed by atoms with Crippen LogP contribution in [0.1, 0.15) is 20.8 Å². The van der Waals surface area contributed by atoms with Crippen molar-refractivity contribution in [3.8, 4) is 0 Å². The summed E-state index contributed by atoms with van der Waals surface area (Å²) in [6.45, 7) is 5.52. The van der Waals surface area contributed by atoms with Crippen LogP contribution in [0, 0.1) is 11.2 Å². The van der Waals surface area contributed by atoms with Crippen molar-refractivity contribution < 1.29 is 9.18 Å². The number of nitrogens with two attached hydrogens (primary N) is 1. The van der Waals surface area contributed by atoms with E-state index in [1.165, 1.54) is 0 Å². The van der Waals surface area contributed by atoms with Crippen LogP contribution in [-0.4, -0.2) is 11.9 Å². The molecule has 1 amide bonds. The van der Waals surface area contributed by atoms with Crippen LogP contribution in [0.3, 0.4) is 0 Å². The van der Waals surface area contributed by atoms with E-state index in [1.54, 1.807) is 0 Å². The van der Waals surface area contributed by atoms with Gasteiger partial charge in [-0.3, -0.25) is 4.79 Å². The van der Waals surface area contributed by atoms with Crippen molar-refractivity contribution in [1.29, 1.82) is 0 Å². The highest BCUT2D eigenvalue weighted by atomic mass is 35.5. The van der Waals surface area contributed by atoms with Crippen molar-refractivity contribution >= 4 is 34.8 Å². The van der Waals surface area contributed by atoms with Crippen LogP contribution in [-0.2, 0) is 4.79 Å². The Bertz CT molecular complexity index is 449. The lowest BCUT2D eigenvalue weighted by Crippen LogP contribution is -2.45. The molecule has 0 aliphatic carbocycles. The van der Waals surface area contributed by atoms with Crippen LogP contribution in [0.4, 0.5) is 10.1 Å². The second-order valence-corrected chi connectivity index (χ2v) is 5.89. The number of carbonyl (C=O) groups excluding carboxylic acids is 1. The van der Waals surface area contributed by atoms with Gasteiger partial charge in [-0.2, -0.15) is 0 Å². The predicted molar refractivity (Wildman–Crippen MR) is 72.5 cm³/mol. The molecule has 0 spiro atoms. The van der Waals surface area contributed by atoms with Crippen LogP contribution < -0.4 is 11.1 Å². The molecule has 1 rings (SSSR count). The molecule has 0 aliphatic rings. The first-order chi connectivity index (χ1) is 8.12. The van der Waals surface area contributed by atoms with Gasteiger partial charge in [-0.05, 0) is 17.5 Å². The number of hydrogen-bond donors (Lipinski definition) is 2. The maximum absolute atomic E-state index is 13.0. The van der Waals surface area contributed by atoms with Crippen molar-refractivity contribution in [3.63, 3.8) is 0 Å². The first-order valence-electron chi connectivity index (χ1n) is 5.34. The Labute approximate surface area is 115 Å². The molecule has 3 N–H and O–H groups in total. The molecule has 6 heteroatoms. The molecule has 3 nitrogen and oxygen atoms in total. The molecule has 1 unspecified atom stereocenters. The highest BCUT2D eigenvalue weighted by molar-refractivity contribution is 6.39. The van der Waals surface area contributed by atoms with Gasteiger partial charge >= 0.3 is 0 Å². The highest BCUT2D eigenvalue weighted by Crippen LogP contribution is 2.32. The van der Waals surface area contributed by atoms with E-state index < -0.39 is 23.2 Å². The Morgan fingerprint density at radius 3 is 2.17 bits per heavy atom. The minimum absolute atomic E-state index is 0.0365. The first kappa shape index (κ1) is 15.2. The normalized spacial score (nSPS) is 13.3. The third-order valence-corrected chi connectivity index (χ3v) is 3.07. The van der Waals surface area contributed by atoms with Crippen LogP contribution in [0.2, 0.25) is 10.0 Å². The van der Waals surface area contributed by atoms with Crippen LogP contribution in [0.15, 0.2) is 12.1 Å². The summed E-state index contributed by atoms with van der Waals surface area (Å²) < 4.78 is 13.0. The number of amides is 1. The maximum Gasteiger partial charge on any atom is 0.241 e. The molecule has 0 saturated heterocycles. The second-order valence-electron chi connectivity index (χ2n) is 5.08. The molecule has 0 aliphatic heterocycles. The molecular weight excluding hydrogens is 278 g/mol. The lowest BCUT2D eigenvalue weighted by Gasteiger charge is -2.26. The van der Waals surface area contributed by atoms with Crippen molar-refractivity contribution in [2.45, 2.75) is 26.8 Å². The predicted octanol–water partition coefficient (Wildman–Crippen LogP) is 3.44. The van der Waals surface area contributed by atoms with Gasteiger partial charge in [-0.15, -0.1) is 0 Å². The van der Waals surface area contributed by atoms with E-state index >= 15 is 0 Å². The standard InChI is InChI=1S/C12H15Cl2FN2O/c1-12(2,3)10(16)11(18)17-9-7(13)4-6(15)5-8(9)14/h4-5,10H,16H2,1-3H3,(H,17,18). The van der Waals surface area contributed by atoms with Gasteiger partial charge in [0.05, 0.1) is 21.8 Å². The number of rotatable bonds is 2. The maximum atomic E-state index is 13.0. The number of anilines is 1. The molecule has 0 bridgehead atoms. The minimum atomic E-state index is -0.727. The molecule has 1 atom stereocenters. The third kappa shape index (κ3) is 3.57. The number of benzene rings is 1. The average Bonchev–Trinajstić information content (AvgIpc) is 2.20. The fraction of sp³-hybridized carbons (Fsp3) is 0.417. The van der Waals surface area contributed by atoms with Crippen molar-refractivity contribution in [1.82, 2.24) is 0 Å². The third-order valence-electron chi connectivity index (χ3n) is 2.47. The largest absolute Gasteiger partial charge is 0.322 e. The second kappa shape index (κ2) is 5.43. The Hall–Kier alpha value is -0.840. The topological polar surface area (TPSA) is 55.1 Å². The van der Waals surface area contributed by atoms with Crippen LogP contribution in [0.25, 0.3) is 0 Å². The SMILES string of the molecule is CC(C)(C)C(N)C(=O)Nc1c(Cl)cc(F)cc1Cl. The van der Waals surface area contributed by atoms with Crippen LogP contribution >= 0.6 is 23.2 Å². The zero-order valence-electron chi connectivity index (χ0n) is 10.4. The van der Waals surface area contributed by atoms with E-state index in [1.807, 2.05) is 20.8 Å². The van der Waals surface area contributed by atoms with E-state index in [9.17, 15) is 9.18 Å². The molecule has 18 heavy (non-hydrogen) atoms. The van der Waals surface area contributed by atoms with Gasteiger partial charge in [0.25, 0.3) is 0 Å². The zero-order chi connectivity index (χ0) is 14.1. The fourth-order valence-corrected chi connectivity index (χ4v) is 1.81. The van der Waals surface area contributed by atoms with E-state index in [-0.39, 0.29) is 15.7 Å². The number of hydrogen-bond acceptors (Lipinski definition) is 2. The molecule has 100 valence electrons. The molecular formula is C12H15Cl2FN2O. The number of halogens is 3. The fourth-order valence-electron chi connectivity index (χ4n) is 1.26. The lowest BCUT2D eigenvalue weighted by molar-refractivity contribution is -0.119. The van der Waals surface area contributed by atoms with E-state index in [4.69, 9.17) is 28.9 Å². The molecule has 0 saturated carbocycles. The summed E-state index contributed by atoms with van der Waals surface area (Å²) in [6, 6.07) is 1.42. The summed E-state index contributed by atoms with van der Waals surface area (Å²) >= 11 is 11.6. The van der Waals surface area contributed by atoms with E-state index in [0.29, 0.717) is 0 Å². The monoisotopic (exact) mass is 292 g/mol. The molecule has 0 radical (unpaired) electrons. The van der Waals surface area contributed by atoms with Crippen molar-refractivity contribution in [2.24, 2.45) is 11.1 Å². The summed E-state index contributed by atoms with van der Waals surface area (Å²) in [6.07, 6.45) is 0. The van der Waals surface area contributed by atoms with E-state index in [2.05, 4.69) is 5.32 Å². The van der Waals surface area contributed by atoms with Gasteiger partial charge in [0.2, 0.25) is 5.91 Å². The van der Waals surface area contributed by atoms with Gasteiger partial charge < -0.3 is 11.1 Å². The van der Waals surface area contributed by atoms with Gasteiger partial charge in [-0.1, -0.05) is 44.0 Å². The first-order valence-corrected chi connectivity index (χ1v) is 6.09. The zero-order valence-corrected chi connectivity index (χ0v) is 11.9. The van der Waals surface area contributed by atoms with Gasteiger partial charge in [0.15, 0.2) is 0 Å². The molecule has 1 aromatic carbocycles. The smallest absolute Gasteiger partial charge is 0.241 e. The summed E-state index contributed by atoms with van der Waals surface area (Å²) in [5.74, 6) is -0.985. The molecule has 0 heterocycles. The summed E-state index contributed by atoms with van der Waals surface area (Å²) in [7, 11) is 0. The quantitative estimate of drug-likeness (QED) is 0.877. The summed E-state index contributed by atoms with van der Waals surface area (Å²) in [5.41, 5.74) is 5.57. The Morgan fingerprint density at radius 1 is 1.33 bits per heavy atom. The van der Waals surface area contributed by atoms with Crippen molar-refractivity contribution in [2.75, 3.05) is 5.32 Å². The Morgan fingerprint density at radius 2 is 1.78 bits per heavy atom. The average molecular weight is 293 g/mol. The summed E-state index contributed by atoms with van der Waals surface area (Å²) in [4.78, 5) is 11.9. The highest BCUT2D eigenvalue weighted by Gasteiger charge is 2.28. The molecule has 0 aromatic heterocycles. The van der Waals surface area contributed by atoms with E-state index in [0.717, 1.165) is 12.1 Å². The van der Waals surface area contributed by atoms with Crippen LogP contribution in [0.5, 0.6) is 0 Å². The summed E-state index contributed by atoms with van der Waals surface area (Å²) in [5, 5.41) is 2.59. The minimum Gasteiger partial charge on any atom is -0.322 e. The van der Waals surface area contributed by atoms with Gasteiger partial charge in [0.1, 0.15) is 5.82 Å². The Balaban J connectivity index is 2.96. The van der Waals surface area contributed by atoms with Crippen molar-refractivity contribution in [3.05, 3.63) is 28.0 Å². The van der Waals surface area contributed by atoms with Gasteiger partial charge in [-0.25, -0.2) is 4.39 Å². The van der Waals surface area contributed by atoms with Gasteiger partial charge in [0, 0.05) is 0 Å². The molecule has 1 aromatic rings. The lowest BCUT2D eigenvalue weighted by atomic mass is 9.87.